The van der Waals surface area contributed by atoms with Crippen molar-refractivity contribution in [2.45, 2.75) is 26.4 Å². The van der Waals surface area contributed by atoms with Crippen LogP contribution in [0.5, 0.6) is 0 Å². The number of nitrogens with zero attached hydrogens (tertiary/aromatic N) is 1. The molecule has 94 valence electrons. The molecule has 4 heteroatoms. The molecule has 0 aromatic heterocycles. The van der Waals surface area contributed by atoms with Crippen LogP contribution in [0.2, 0.25) is 0 Å². The minimum atomic E-state index is -0.0721. The van der Waals surface area contributed by atoms with Gasteiger partial charge in [-0.15, -0.1) is 0 Å². The standard InChI is InChI=1S/C12H22N2O.BrH/c1-7-9-14(5,6)11(8-2)13-12(15)10(3)4;/h7,11H,1,3,8-9H2,2,4-6H3;1H. The highest BCUT2D eigenvalue weighted by Gasteiger charge is 2.26. The van der Waals surface area contributed by atoms with Crippen LogP contribution < -0.4 is 22.3 Å². The van der Waals surface area contributed by atoms with Crippen LogP contribution in [0.3, 0.4) is 0 Å². The molecule has 0 spiro atoms. The quantitative estimate of drug-likeness (QED) is 0.280. The highest BCUT2D eigenvalue weighted by molar-refractivity contribution is 5.92. The zero-order valence-electron chi connectivity index (χ0n) is 10.7. The third-order valence-corrected chi connectivity index (χ3v) is 2.52. The molecular formula is C12H23BrN2O. The number of nitrogens with one attached hydrogen (secondary N) is 1. The third kappa shape index (κ3) is 5.47. The maximum absolute atomic E-state index is 11.5. The summed E-state index contributed by atoms with van der Waals surface area (Å²) in [7, 11) is 4.16. The van der Waals surface area contributed by atoms with Gasteiger partial charge in [-0.25, -0.2) is 0 Å². The van der Waals surface area contributed by atoms with Gasteiger partial charge in [-0.2, -0.15) is 0 Å². The van der Waals surface area contributed by atoms with Crippen molar-refractivity contribution in [3.63, 3.8) is 0 Å². The van der Waals surface area contributed by atoms with Crippen LogP contribution in [0, 0.1) is 0 Å². The topological polar surface area (TPSA) is 29.1 Å². The van der Waals surface area contributed by atoms with E-state index in [9.17, 15) is 4.79 Å². The molecule has 0 aliphatic rings. The van der Waals surface area contributed by atoms with Gasteiger partial charge in [0.1, 0.15) is 0 Å². The van der Waals surface area contributed by atoms with E-state index in [4.69, 9.17) is 0 Å². The Balaban J connectivity index is 0. The minimum absolute atomic E-state index is 0. The van der Waals surface area contributed by atoms with Gasteiger partial charge in [0.15, 0.2) is 6.17 Å². The van der Waals surface area contributed by atoms with Crippen molar-refractivity contribution >= 4 is 5.91 Å². The molecule has 0 aromatic rings. The van der Waals surface area contributed by atoms with Crippen molar-refractivity contribution in [1.29, 1.82) is 0 Å². The fourth-order valence-corrected chi connectivity index (χ4v) is 1.51. The van der Waals surface area contributed by atoms with Crippen LogP contribution in [-0.2, 0) is 4.79 Å². The summed E-state index contributed by atoms with van der Waals surface area (Å²) in [6.45, 7) is 12.0. The highest BCUT2D eigenvalue weighted by Crippen LogP contribution is 2.08. The largest absolute Gasteiger partial charge is 1.00 e. The van der Waals surface area contributed by atoms with E-state index in [-0.39, 0.29) is 29.1 Å². The van der Waals surface area contributed by atoms with Crippen LogP contribution in [0.25, 0.3) is 0 Å². The van der Waals surface area contributed by atoms with Gasteiger partial charge in [0, 0.05) is 12.0 Å². The summed E-state index contributed by atoms with van der Waals surface area (Å²) in [5.41, 5.74) is 0.548. The number of amides is 1. The molecule has 0 aromatic carbocycles. The van der Waals surface area contributed by atoms with Gasteiger partial charge in [0.05, 0.1) is 20.6 Å². The number of carbonyl (C=O) groups excluding carboxylic acids is 1. The summed E-state index contributed by atoms with van der Waals surface area (Å²) in [6, 6.07) is 0. The molecule has 0 rings (SSSR count). The molecule has 1 atom stereocenters. The number of hydrogen-bond donors (Lipinski definition) is 1. The van der Waals surface area contributed by atoms with E-state index in [1.807, 2.05) is 6.08 Å². The SMILES string of the molecule is C=CC[N+](C)(C)C(CC)NC(=O)C(=C)C.[Br-]. The van der Waals surface area contributed by atoms with Gasteiger partial charge < -0.3 is 26.8 Å². The number of carbonyl (C=O) groups is 1. The summed E-state index contributed by atoms with van der Waals surface area (Å²) < 4.78 is 0.707. The highest BCUT2D eigenvalue weighted by atomic mass is 79.9. The molecule has 0 bridgehead atoms. The first-order valence-electron chi connectivity index (χ1n) is 5.25. The molecule has 1 amide bonds. The first kappa shape index (κ1) is 17.8. The first-order valence-corrected chi connectivity index (χ1v) is 5.25. The summed E-state index contributed by atoms with van der Waals surface area (Å²) in [6.07, 6.45) is 2.86. The van der Waals surface area contributed by atoms with Crippen molar-refractivity contribution in [2.75, 3.05) is 20.6 Å². The Bertz CT molecular complexity index is 262. The Morgan fingerprint density at radius 1 is 1.50 bits per heavy atom. The summed E-state index contributed by atoms with van der Waals surface area (Å²) in [5.74, 6) is -0.0721. The van der Waals surface area contributed by atoms with Crippen molar-refractivity contribution in [1.82, 2.24) is 5.32 Å². The number of halogens is 1. The van der Waals surface area contributed by atoms with Crippen molar-refractivity contribution < 1.29 is 26.3 Å². The molecule has 0 saturated carbocycles. The van der Waals surface area contributed by atoms with Crippen molar-refractivity contribution in [3.05, 3.63) is 24.8 Å². The molecule has 3 nitrogen and oxygen atoms in total. The van der Waals surface area contributed by atoms with E-state index < -0.39 is 0 Å². The predicted molar refractivity (Wildman–Crippen MR) is 64.2 cm³/mol. The normalized spacial score (nSPS) is 12.2. The van der Waals surface area contributed by atoms with E-state index in [0.717, 1.165) is 13.0 Å². The number of rotatable bonds is 6. The molecule has 0 radical (unpaired) electrons. The van der Waals surface area contributed by atoms with E-state index in [0.29, 0.717) is 10.1 Å². The molecule has 0 aliphatic carbocycles. The fraction of sp³-hybridized carbons (Fsp3) is 0.583. The lowest BCUT2D eigenvalue weighted by Gasteiger charge is -2.37. The molecule has 0 aliphatic heterocycles. The van der Waals surface area contributed by atoms with Crippen LogP contribution >= 0.6 is 0 Å². The Morgan fingerprint density at radius 2 is 2.00 bits per heavy atom. The van der Waals surface area contributed by atoms with Gasteiger partial charge in [-0.05, 0) is 13.0 Å². The Kier molecular flexibility index (Phi) is 8.47. The predicted octanol–water partition coefficient (Wildman–Crippen LogP) is -1.32. The maximum Gasteiger partial charge on any atom is 0.250 e. The smallest absolute Gasteiger partial charge is 0.250 e. The van der Waals surface area contributed by atoms with E-state index in [1.165, 1.54) is 0 Å². The third-order valence-electron chi connectivity index (χ3n) is 2.52. The molecule has 0 heterocycles. The van der Waals surface area contributed by atoms with E-state index in [1.54, 1.807) is 6.92 Å². The lowest BCUT2D eigenvalue weighted by Crippen LogP contribution is -3.00. The molecular weight excluding hydrogens is 268 g/mol. The number of likely N-dealkylation sites (N-methyl/N-ethyl adjacent to an activating group) is 1. The molecule has 1 N–H and O–H groups in total. The molecule has 1 unspecified atom stereocenters. The number of hydrogen-bond acceptors (Lipinski definition) is 1. The van der Waals surface area contributed by atoms with Crippen LogP contribution in [-0.4, -0.2) is 37.2 Å². The molecule has 0 fully saturated rings. The second-order valence-corrected chi connectivity index (χ2v) is 4.43. The van der Waals surface area contributed by atoms with Gasteiger partial charge >= 0.3 is 0 Å². The monoisotopic (exact) mass is 290 g/mol. The zero-order valence-corrected chi connectivity index (χ0v) is 12.3. The van der Waals surface area contributed by atoms with Crippen LogP contribution in [0.4, 0.5) is 0 Å². The van der Waals surface area contributed by atoms with Crippen LogP contribution in [0.15, 0.2) is 24.8 Å². The number of quaternary nitrogens is 1. The van der Waals surface area contributed by atoms with Gasteiger partial charge in [-0.3, -0.25) is 4.79 Å². The Morgan fingerprint density at radius 3 is 2.31 bits per heavy atom. The second-order valence-electron chi connectivity index (χ2n) is 4.43. The average Bonchev–Trinajstić information content (AvgIpc) is 2.12. The Hall–Kier alpha value is -0.610. The molecule has 16 heavy (non-hydrogen) atoms. The van der Waals surface area contributed by atoms with E-state index >= 15 is 0 Å². The summed E-state index contributed by atoms with van der Waals surface area (Å²) in [4.78, 5) is 11.5. The van der Waals surface area contributed by atoms with Gasteiger partial charge in [0.2, 0.25) is 0 Å². The first-order chi connectivity index (χ1) is 6.85. The van der Waals surface area contributed by atoms with Gasteiger partial charge in [0.25, 0.3) is 5.91 Å². The minimum Gasteiger partial charge on any atom is -1.00 e. The Labute approximate surface area is 110 Å². The van der Waals surface area contributed by atoms with Gasteiger partial charge in [-0.1, -0.05) is 20.1 Å². The zero-order chi connectivity index (χ0) is 12.1. The van der Waals surface area contributed by atoms with Crippen LogP contribution in [0.1, 0.15) is 20.3 Å². The molecule has 0 saturated heterocycles. The lowest BCUT2D eigenvalue weighted by molar-refractivity contribution is -0.912. The summed E-state index contributed by atoms with van der Waals surface area (Å²) >= 11 is 0. The summed E-state index contributed by atoms with van der Waals surface area (Å²) in [5, 5.41) is 2.98. The second kappa shape index (κ2) is 7.63. The van der Waals surface area contributed by atoms with Crippen molar-refractivity contribution in [3.8, 4) is 0 Å². The van der Waals surface area contributed by atoms with E-state index in [2.05, 4.69) is 39.5 Å². The average molecular weight is 291 g/mol. The fourth-order valence-electron chi connectivity index (χ4n) is 1.51. The maximum atomic E-state index is 11.5. The lowest BCUT2D eigenvalue weighted by atomic mass is 10.2. The van der Waals surface area contributed by atoms with Crippen molar-refractivity contribution in [2.24, 2.45) is 0 Å².